The number of sulfonamides is 1. The van der Waals surface area contributed by atoms with Crippen molar-refractivity contribution in [1.29, 1.82) is 0 Å². The molecule has 0 aliphatic carbocycles. The van der Waals surface area contributed by atoms with E-state index in [-0.39, 0.29) is 41.0 Å². The van der Waals surface area contributed by atoms with E-state index >= 15 is 0 Å². The van der Waals surface area contributed by atoms with Crippen molar-refractivity contribution in [2.24, 2.45) is 10.7 Å². The molecule has 1 aromatic carbocycles. The maximum absolute atomic E-state index is 14.7. The first-order valence-corrected chi connectivity index (χ1v) is 11.0. The number of halogens is 2. The van der Waals surface area contributed by atoms with Gasteiger partial charge in [-0.15, -0.1) is 0 Å². The number of aliphatic imine (C=N–C) groups is 1. The van der Waals surface area contributed by atoms with E-state index in [2.05, 4.69) is 15.3 Å². The molecule has 2 aliphatic heterocycles. The number of ether oxygens (including phenoxy) is 2. The van der Waals surface area contributed by atoms with Crippen LogP contribution in [0.1, 0.15) is 23.0 Å². The minimum absolute atomic E-state index is 0.0501. The molecule has 170 valence electrons. The van der Waals surface area contributed by atoms with Crippen molar-refractivity contribution >= 4 is 27.6 Å². The minimum atomic E-state index is -3.81. The third kappa shape index (κ3) is 3.90. The van der Waals surface area contributed by atoms with Crippen LogP contribution in [0.5, 0.6) is 11.5 Å². The van der Waals surface area contributed by atoms with E-state index in [1.807, 2.05) is 0 Å². The number of nitrogens with one attached hydrogen (secondary N) is 1. The van der Waals surface area contributed by atoms with E-state index in [1.165, 1.54) is 32.2 Å². The Kier molecular flexibility index (Phi) is 5.15. The van der Waals surface area contributed by atoms with Gasteiger partial charge in [0.1, 0.15) is 17.1 Å². The average Bonchev–Trinajstić information content (AvgIpc) is 2.72. The van der Waals surface area contributed by atoms with Crippen molar-refractivity contribution in [2.45, 2.75) is 18.8 Å². The van der Waals surface area contributed by atoms with E-state index in [0.717, 1.165) is 16.6 Å². The number of carbonyl (C=O) groups is 1. The van der Waals surface area contributed by atoms with Gasteiger partial charge in [-0.3, -0.25) is 4.79 Å². The van der Waals surface area contributed by atoms with Gasteiger partial charge in [-0.1, -0.05) is 0 Å². The molecule has 3 heterocycles. The molecule has 0 spiro atoms. The fourth-order valence-corrected chi connectivity index (χ4v) is 4.83. The first-order valence-electron chi connectivity index (χ1n) is 9.35. The Morgan fingerprint density at radius 2 is 2.09 bits per heavy atom. The molecule has 1 aromatic heterocycles. The number of pyridine rings is 1. The highest BCUT2D eigenvalue weighted by Gasteiger charge is 2.41. The second-order valence-corrected chi connectivity index (χ2v) is 9.47. The molecule has 4 rings (SSSR count). The first kappa shape index (κ1) is 21.7. The molecule has 0 bridgehead atoms. The lowest BCUT2D eigenvalue weighted by Crippen LogP contribution is -2.50. The third-order valence-electron chi connectivity index (χ3n) is 5.06. The molecule has 10 nitrogen and oxygen atoms in total. The van der Waals surface area contributed by atoms with Gasteiger partial charge in [0.05, 0.1) is 11.9 Å². The molecule has 3 N–H and O–H groups in total. The summed E-state index contributed by atoms with van der Waals surface area (Å²) in [5.41, 5.74) is 4.30. The van der Waals surface area contributed by atoms with Gasteiger partial charge < -0.3 is 20.5 Å². The van der Waals surface area contributed by atoms with Gasteiger partial charge in [-0.05, 0) is 25.1 Å². The Labute approximate surface area is 182 Å². The van der Waals surface area contributed by atoms with Gasteiger partial charge in [0.2, 0.25) is 16.0 Å². The van der Waals surface area contributed by atoms with Crippen LogP contribution in [0.3, 0.4) is 0 Å². The largest absolute Gasteiger partial charge is 0.483 e. The summed E-state index contributed by atoms with van der Waals surface area (Å²) >= 11 is 0. The van der Waals surface area contributed by atoms with Gasteiger partial charge in [0.15, 0.2) is 18.1 Å². The topological polar surface area (TPSA) is 136 Å². The highest BCUT2D eigenvalue weighted by atomic mass is 32.2. The average molecular weight is 467 g/mol. The highest BCUT2D eigenvalue weighted by molar-refractivity contribution is 7.89. The number of carbonyl (C=O) groups excluding carboxylic acids is 1. The fraction of sp³-hybridized carbons (Fsp3) is 0.316. The maximum Gasteiger partial charge on any atom is 0.274 e. The Bertz CT molecular complexity index is 1240. The summed E-state index contributed by atoms with van der Waals surface area (Å²) in [5.74, 6) is -1.92. The van der Waals surface area contributed by atoms with E-state index in [9.17, 15) is 22.0 Å². The molecule has 0 radical (unpaired) electrons. The second kappa shape index (κ2) is 7.58. The van der Waals surface area contributed by atoms with Crippen molar-refractivity contribution in [3.63, 3.8) is 0 Å². The molecule has 0 saturated carbocycles. The van der Waals surface area contributed by atoms with Crippen molar-refractivity contribution in [3.8, 4) is 11.5 Å². The van der Waals surface area contributed by atoms with Crippen molar-refractivity contribution in [2.75, 3.05) is 24.7 Å². The minimum Gasteiger partial charge on any atom is -0.483 e. The lowest BCUT2D eigenvalue weighted by Gasteiger charge is -2.34. The third-order valence-corrected chi connectivity index (χ3v) is 7.01. The number of fused-ring (bicyclic) bond motifs is 1. The normalized spacial score (nSPS) is 23.9. The number of guanidine groups is 1. The summed E-state index contributed by atoms with van der Waals surface area (Å²) in [6.07, 6.45) is -0.461. The molecule has 0 unspecified atom stereocenters. The van der Waals surface area contributed by atoms with Crippen LogP contribution in [0.25, 0.3) is 0 Å². The predicted molar refractivity (Wildman–Crippen MR) is 110 cm³/mol. The maximum atomic E-state index is 14.7. The molecular weight excluding hydrogens is 448 g/mol. The Morgan fingerprint density at radius 3 is 2.81 bits per heavy atom. The smallest absolute Gasteiger partial charge is 0.274 e. The highest BCUT2D eigenvalue weighted by Crippen LogP contribution is 2.35. The number of amides is 1. The van der Waals surface area contributed by atoms with Crippen LogP contribution in [-0.2, 0) is 15.6 Å². The molecule has 2 aromatic rings. The zero-order valence-corrected chi connectivity index (χ0v) is 17.8. The number of rotatable bonds is 3. The quantitative estimate of drug-likeness (QED) is 0.695. The summed E-state index contributed by atoms with van der Waals surface area (Å²) in [4.78, 5) is 20.7. The van der Waals surface area contributed by atoms with Gasteiger partial charge in [-0.2, -0.15) is 4.39 Å². The van der Waals surface area contributed by atoms with Crippen LogP contribution < -0.4 is 20.5 Å². The Morgan fingerprint density at radius 1 is 1.34 bits per heavy atom. The van der Waals surface area contributed by atoms with E-state index in [4.69, 9.17) is 15.2 Å². The van der Waals surface area contributed by atoms with Crippen LogP contribution in [0.2, 0.25) is 0 Å². The Balaban J connectivity index is 1.62. The van der Waals surface area contributed by atoms with Crippen LogP contribution in [-0.4, -0.2) is 55.3 Å². The Hall–Kier alpha value is -3.48. The molecule has 0 saturated heterocycles. The summed E-state index contributed by atoms with van der Waals surface area (Å²) in [6.45, 7) is 1.12. The van der Waals surface area contributed by atoms with Gasteiger partial charge in [-0.25, -0.2) is 27.1 Å². The summed E-state index contributed by atoms with van der Waals surface area (Å²) in [7, 11) is -2.55. The van der Waals surface area contributed by atoms with Crippen molar-refractivity contribution in [3.05, 3.63) is 47.5 Å². The zero-order chi connectivity index (χ0) is 23.3. The molecule has 2 atom stereocenters. The number of anilines is 1. The van der Waals surface area contributed by atoms with Gasteiger partial charge in [0.25, 0.3) is 12.3 Å². The molecule has 0 fully saturated rings. The zero-order valence-electron chi connectivity index (χ0n) is 17.0. The molecule has 32 heavy (non-hydrogen) atoms. The number of alkyl halides is 1. The van der Waals surface area contributed by atoms with E-state index < -0.39 is 39.4 Å². The van der Waals surface area contributed by atoms with Crippen LogP contribution in [0.4, 0.5) is 14.5 Å². The fourth-order valence-electron chi connectivity index (χ4n) is 3.38. The molecule has 2 aliphatic rings. The lowest BCUT2D eigenvalue weighted by molar-refractivity contribution is -0.00336. The van der Waals surface area contributed by atoms with E-state index in [1.54, 1.807) is 0 Å². The molecule has 1 amide bonds. The summed E-state index contributed by atoms with van der Waals surface area (Å²) in [5, 5.41) is 2.56. The standard InChI is InChI=1S/C19H19F2N5O5S/c1-19(9-32(28,29)26(2)18(22)25-19)11-5-10(3-4-12(11)20)24-17(27)13-6-14-15(7-23-13)31-16(21)8-30-14/h3-7,16H,8-9H2,1-2H3,(H2,22,25)(H,24,27)/t16-,19-/m0/s1. The number of hydrogen-bond acceptors (Lipinski definition) is 8. The predicted octanol–water partition coefficient (Wildman–Crippen LogP) is 1.34. The SMILES string of the molecule is CN1C(N)=N[C@](C)(c2cc(NC(=O)c3cc4c(cn3)O[C@H](F)CO4)ccc2F)CS1(=O)=O. The van der Waals surface area contributed by atoms with Crippen LogP contribution in [0.15, 0.2) is 35.5 Å². The van der Waals surface area contributed by atoms with E-state index in [0.29, 0.717) is 0 Å². The van der Waals surface area contributed by atoms with Crippen molar-refractivity contribution in [1.82, 2.24) is 9.29 Å². The van der Waals surface area contributed by atoms with Crippen LogP contribution >= 0.6 is 0 Å². The lowest BCUT2D eigenvalue weighted by atomic mass is 9.93. The number of hydrogen-bond donors (Lipinski definition) is 2. The second-order valence-electron chi connectivity index (χ2n) is 7.47. The number of benzene rings is 1. The summed E-state index contributed by atoms with van der Waals surface area (Å²) < 4.78 is 63.6. The summed E-state index contributed by atoms with van der Waals surface area (Å²) in [6, 6.07) is 4.97. The number of nitrogens with two attached hydrogens (primary N) is 1. The van der Waals surface area contributed by atoms with Gasteiger partial charge in [0, 0.05) is 24.4 Å². The first-order chi connectivity index (χ1) is 15.0. The van der Waals surface area contributed by atoms with Crippen molar-refractivity contribution < 1.29 is 31.5 Å². The van der Waals surface area contributed by atoms with Crippen LogP contribution in [0, 0.1) is 5.82 Å². The molecular formula is C19H19F2N5O5S. The number of aromatic nitrogens is 1. The number of nitrogens with zero attached hydrogens (tertiary/aromatic N) is 3. The van der Waals surface area contributed by atoms with Gasteiger partial charge >= 0.3 is 0 Å². The monoisotopic (exact) mass is 467 g/mol. The molecule has 13 heteroatoms.